The second-order valence-corrected chi connectivity index (χ2v) is 6.19. The van der Waals surface area contributed by atoms with Gasteiger partial charge < -0.3 is 5.32 Å². The van der Waals surface area contributed by atoms with Crippen molar-refractivity contribution in [3.63, 3.8) is 0 Å². The van der Waals surface area contributed by atoms with E-state index < -0.39 is 0 Å². The highest BCUT2D eigenvalue weighted by Crippen LogP contribution is 2.38. The van der Waals surface area contributed by atoms with Crippen LogP contribution >= 0.6 is 11.8 Å². The molecule has 0 saturated carbocycles. The Hall–Kier alpha value is -1.32. The predicted octanol–water partition coefficient (Wildman–Crippen LogP) is 3.85. The van der Waals surface area contributed by atoms with Crippen LogP contribution in [0.25, 0.3) is 0 Å². The van der Waals surface area contributed by atoms with Gasteiger partial charge in [-0.3, -0.25) is 0 Å². The van der Waals surface area contributed by atoms with Crippen LogP contribution in [0.15, 0.2) is 53.4 Å². The molecule has 2 aromatic carbocycles. The van der Waals surface area contributed by atoms with Crippen LogP contribution < -0.4 is 5.32 Å². The topological polar surface area (TPSA) is 12.0 Å². The first-order valence-electron chi connectivity index (χ1n) is 7.00. The van der Waals surface area contributed by atoms with Crippen LogP contribution in [0, 0.1) is 5.82 Å². The standard InChI is InChI=1S/C17H18FNS/c18-15-5-3-4-13(10-15)8-9-19-11-14-12-20-17-7-2-1-6-16(14)17/h1-7,10,14,19H,8-9,11-12H2. The molecular formula is C17H18FNS. The van der Waals surface area contributed by atoms with Crippen molar-refractivity contribution in [1.82, 2.24) is 5.32 Å². The molecule has 0 bridgehead atoms. The fraction of sp³-hybridized carbons (Fsp3) is 0.294. The van der Waals surface area contributed by atoms with Crippen molar-refractivity contribution >= 4 is 11.8 Å². The Morgan fingerprint density at radius 2 is 2.05 bits per heavy atom. The molecule has 0 aromatic heterocycles. The van der Waals surface area contributed by atoms with Gasteiger partial charge in [-0.2, -0.15) is 0 Å². The highest BCUT2D eigenvalue weighted by Gasteiger charge is 2.21. The lowest BCUT2D eigenvalue weighted by atomic mass is 10.0. The molecule has 0 radical (unpaired) electrons. The van der Waals surface area contributed by atoms with Crippen LogP contribution in [0.1, 0.15) is 17.0 Å². The normalized spacial score (nSPS) is 17.1. The summed E-state index contributed by atoms with van der Waals surface area (Å²) >= 11 is 1.94. The molecule has 104 valence electrons. The summed E-state index contributed by atoms with van der Waals surface area (Å²) in [5, 5.41) is 3.50. The molecule has 1 aliphatic rings. The highest BCUT2D eigenvalue weighted by molar-refractivity contribution is 7.99. The van der Waals surface area contributed by atoms with Gasteiger partial charge in [0.15, 0.2) is 0 Å². The van der Waals surface area contributed by atoms with Crippen LogP contribution in [0.3, 0.4) is 0 Å². The fourth-order valence-electron chi connectivity index (χ4n) is 2.60. The Morgan fingerprint density at radius 1 is 1.15 bits per heavy atom. The summed E-state index contributed by atoms with van der Waals surface area (Å²) in [6.45, 7) is 1.89. The van der Waals surface area contributed by atoms with E-state index in [0.29, 0.717) is 5.92 Å². The number of benzene rings is 2. The quantitative estimate of drug-likeness (QED) is 0.838. The predicted molar refractivity (Wildman–Crippen MR) is 82.9 cm³/mol. The zero-order valence-electron chi connectivity index (χ0n) is 11.3. The molecule has 0 fully saturated rings. The maximum absolute atomic E-state index is 13.1. The molecule has 1 unspecified atom stereocenters. The van der Waals surface area contributed by atoms with Crippen molar-refractivity contribution in [3.8, 4) is 0 Å². The summed E-state index contributed by atoms with van der Waals surface area (Å²) in [6.07, 6.45) is 0.874. The van der Waals surface area contributed by atoms with Gasteiger partial charge in [-0.05, 0) is 42.3 Å². The monoisotopic (exact) mass is 287 g/mol. The number of hydrogen-bond donors (Lipinski definition) is 1. The first-order chi connectivity index (χ1) is 9.83. The van der Waals surface area contributed by atoms with Crippen LogP contribution in [0.5, 0.6) is 0 Å². The lowest BCUT2D eigenvalue weighted by Crippen LogP contribution is -2.23. The molecule has 1 N–H and O–H groups in total. The third kappa shape index (κ3) is 3.22. The summed E-state index contributed by atoms with van der Waals surface area (Å²) in [6, 6.07) is 15.5. The molecule has 1 nitrogen and oxygen atoms in total. The van der Waals surface area contributed by atoms with Crippen molar-refractivity contribution in [2.45, 2.75) is 17.2 Å². The van der Waals surface area contributed by atoms with E-state index in [0.717, 1.165) is 30.8 Å². The van der Waals surface area contributed by atoms with E-state index in [9.17, 15) is 4.39 Å². The number of rotatable bonds is 5. The van der Waals surface area contributed by atoms with Gasteiger partial charge in [-0.1, -0.05) is 30.3 Å². The van der Waals surface area contributed by atoms with Gasteiger partial charge in [0, 0.05) is 23.1 Å². The van der Waals surface area contributed by atoms with E-state index in [1.807, 2.05) is 17.8 Å². The number of hydrogen-bond acceptors (Lipinski definition) is 2. The molecular weight excluding hydrogens is 269 g/mol. The number of halogens is 1. The average Bonchev–Trinajstić information content (AvgIpc) is 2.87. The van der Waals surface area contributed by atoms with Gasteiger partial charge in [0.05, 0.1) is 0 Å². The average molecular weight is 287 g/mol. The number of thioether (sulfide) groups is 1. The smallest absolute Gasteiger partial charge is 0.123 e. The Balaban J connectivity index is 1.47. The van der Waals surface area contributed by atoms with Crippen LogP contribution in [-0.4, -0.2) is 18.8 Å². The molecule has 1 aliphatic heterocycles. The second kappa shape index (κ2) is 6.42. The molecule has 1 heterocycles. The molecule has 0 aliphatic carbocycles. The van der Waals surface area contributed by atoms with Gasteiger partial charge in [0.1, 0.15) is 5.82 Å². The van der Waals surface area contributed by atoms with E-state index in [1.165, 1.54) is 16.5 Å². The van der Waals surface area contributed by atoms with Crippen molar-refractivity contribution in [2.24, 2.45) is 0 Å². The number of nitrogens with one attached hydrogen (secondary N) is 1. The molecule has 2 aromatic rings. The zero-order chi connectivity index (χ0) is 13.8. The third-order valence-electron chi connectivity index (χ3n) is 3.67. The maximum Gasteiger partial charge on any atom is 0.123 e. The van der Waals surface area contributed by atoms with E-state index in [-0.39, 0.29) is 5.82 Å². The Labute approximate surface area is 123 Å². The van der Waals surface area contributed by atoms with Crippen molar-refractivity contribution in [1.29, 1.82) is 0 Å². The van der Waals surface area contributed by atoms with E-state index in [4.69, 9.17) is 0 Å². The minimum atomic E-state index is -0.149. The summed E-state index contributed by atoms with van der Waals surface area (Å²) < 4.78 is 13.1. The van der Waals surface area contributed by atoms with Crippen LogP contribution in [0.4, 0.5) is 4.39 Å². The Kier molecular flexibility index (Phi) is 4.38. The summed E-state index contributed by atoms with van der Waals surface area (Å²) in [4.78, 5) is 1.42. The van der Waals surface area contributed by atoms with Crippen LogP contribution in [-0.2, 0) is 6.42 Å². The van der Waals surface area contributed by atoms with E-state index in [1.54, 1.807) is 12.1 Å². The highest BCUT2D eigenvalue weighted by atomic mass is 32.2. The van der Waals surface area contributed by atoms with Crippen molar-refractivity contribution in [3.05, 3.63) is 65.5 Å². The van der Waals surface area contributed by atoms with Crippen molar-refractivity contribution < 1.29 is 4.39 Å². The van der Waals surface area contributed by atoms with E-state index >= 15 is 0 Å². The molecule has 3 rings (SSSR count). The van der Waals surface area contributed by atoms with Gasteiger partial charge >= 0.3 is 0 Å². The van der Waals surface area contributed by atoms with Gasteiger partial charge in [-0.15, -0.1) is 11.8 Å². The summed E-state index contributed by atoms with van der Waals surface area (Å²) in [7, 11) is 0. The minimum Gasteiger partial charge on any atom is -0.316 e. The maximum atomic E-state index is 13.1. The van der Waals surface area contributed by atoms with Crippen molar-refractivity contribution in [2.75, 3.05) is 18.8 Å². The second-order valence-electron chi connectivity index (χ2n) is 5.13. The molecule has 1 atom stereocenters. The first kappa shape index (κ1) is 13.7. The largest absolute Gasteiger partial charge is 0.316 e. The summed E-state index contributed by atoms with van der Waals surface area (Å²) in [5.41, 5.74) is 2.52. The molecule has 0 amide bonds. The Morgan fingerprint density at radius 3 is 2.95 bits per heavy atom. The SMILES string of the molecule is Fc1cccc(CCNCC2CSc3ccccc32)c1. The van der Waals surface area contributed by atoms with Gasteiger partial charge in [0.2, 0.25) is 0 Å². The molecule has 3 heteroatoms. The number of fused-ring (bicyclic) bond motifs is 1. The van der Waals surface area contributed by atoms with E-state index in [2.05, 4.69) is 29.6 Å². The lowest BCUT2D eigenvalue weighted by Gasteiger charge is -2.12. The first-order valence-corrected chi connectivity index (χ1v) is 7.98. The van der Waals surface area contributed by atoms with Gasteiger partial charge in [0.25, 0.3) is 0 Å². The molecule has 20 heavy (non-hydrogen) atoms. The summed E-state index contributed by atoms with van der Waals surface area (Å²) in [5.74, 6) is 1.61. The molecule has 0 spiro atoms. The molecule has 0 saturated heterocycles. The Bertz CT molecular complexity index is 585. The zero-order valence-corrected chi connectivity index (χ0v) is 12.1. The third-order valence-corrected chi connectivity index (χ3v) is 4.92. The van der Waals surface area contributed by atoms with Crippen LogP contribution in [0.2, 0.25) is 0 Å². The van der Waals surface area contributed by atoms with Gasteiger partial charge in [-0.25, -0.2) is 4.39 Å². The lowest BCUT2D eigenvalue weighted by molar-refractivity contribution is 0.611. The minimum absolute atomic E-state index is 0.149. The fourth-order valence-corrected chi connectivity index (χ4v) is 3.85.